The highest BCUT2D eigenvalue weighted by molar-refractivity contribution is 7.80. The predicted octanol–water partition coefficient (Wildman–Crippen LogP) is 0.298. The number of phenolic OH excluding ortho intramolecular Hbond substituents is 1. The fourth-order valence-corrected chi connectivity index (χ4v) is 1.33. The summed E-state index contributed by atoms with van der Waals surface area (Å²) >= 11 is 3.84. The highest BCUT2D eigenvalue weighted by Crippen LogP contribution is 2.31. The molecule has 0 aromatic heterocycles. The molecule has 4 nitrogen and oxygen atoms in total. The minimum absolute atomic E-state index is 0.107. The third kappa shape index (κ3) is 2.12. The van der Waals surface area contributed by atoms with Gasteiger partial charge in [0.1, 0.15) is 11.9 Å². The summed E-state index contributed by atoms with van der Waals surface area (Å²) in [7, 11) is 0. The number of benzene rings is 1. The van der Waals surface area contributed by atoms with Crippen LogP contribution in [0, 0.1) is 0 Å². The second-order valence-electron chi connectivity index (χ2n) is 2.98. The molecule has 2 unspecified atom stereocenters. The fraction of sp³-hybridized carbons (Fsp3) is 0.333. The number of rotatable bonds is 3. The summed E-state index contributed by atoms with van der Waals surface area (Å²) in [4.78, 5) is 0. The number of phenols is 1. The molecule has 0 radical (unpaired) electrons. The van der Waals surface area contributed by atoms with Crippen LogP contribution in [-0.2, 0) is 0 Å². The van der Waals surface area contributed by atoms with Gasteiger partial charge in [-0.3, -0.25) is 0 Å². The molecule has 1 aromatic carbocycles. The van der Waals surface area contributed by atoms with Crippen molar-refractivity contribution in [2.24, 2.45) is 0 Å². The van der Waals surface area contributed by atoms with E-state index < -0.39 is 12.2 Å². The Hall–Kier alpha value is -0.910. The molecule has 1 rings (SSSR count). The van der Waals surface area contributed by atoms with Gasteiger partial charge in [-0.15, -0.1) is 0 Å². The summed E-state index contributed by atoms with van der Waals surface area (Å²) in [6.07, 6.45) is -2.19. The molecular formula is C9H13NO3S. The van der Waals surface area contributed by atoms with Gasteiger partial charge in [-0.25, -0.2) is 0 Å². The Morgan fingerprint density at radius 3 is 2.57 bits per heavy atom. The molecular weight excluding hydrogens is 202 g/mol. The molecule has 78 valence electrons. The summed E-state index contributed by atoms with van der Waals surface area (Å²) in [5.41, 5.74) is 5.83. The Morgan fingerprint density at radius 1 is 1.36 bits per heavy atom. The van der Waals surface area contributed by atoms with Crippen LogP contribution >= 0.6 is 12.6 Å². The van der Waals surface area contributed by atoms with E-state index in [4.69, 9.17) is 5.73 Å². The van der Waals surface area contributed by atoms with Crippen molar-refractivity contribution in [3.05, 3.63) is 23.8 Å². The lowest BCUT2D eigenvalue weighted by Crippen LogP contribution is -2.19. The zero-order valence-electron chi connectivity index (χ0n) is 7.46. The van der Waals surface area contributed by atoms with Crippen molar-refractivity contribution < 1.29 is 15.3 Å². The van der Waals surface area contributed by atoms with E-state index in [0.717, 1.165) is 0 Å². The number of hydrogen-bond acceptors (Lipinski definition) is 5. The van der Waals surface area contributed by atoms with E-state index in [1.807, 2.05) is 0 Å². The maximum atomic E-state index is 9.58. The van der Waals surface area contributed by atoms with Gasteiger partial charge in [-0.05, 0) is 6.07 Å². The fourth-order valence-electron chi connectivity index (χ4n) is 1.13. The Balaban J connectivity index is 3.01. The quantitative estimate of drug-likeness (QED) is 0.285. The molecule has 0 saturated heterocycles. The van der Waals surface area contributed by atoms with Gasteiger partial charge in [0.25, 0.3) is 0 Å². The van der Waals surface area contributed by atoms with E-state index in [0.29, 0.717) is 0 Å². The third-order valence-corrected chi connectivity index (χ3v) is 2.34. The van der Waals surface area contributed by atoms with Crippen molar-refractivity contribution in [1.82, 2.24) is 0 Å². The summed E-state index contributed by atoms with van der Waals surface area (Å²) in [5.74, 6) is -0.0871. The van der Waals surface area contributed by atoms with Crippen molar-refractivity contribution >= 4 is 18.3 Å². The van der Waals surface area contributed by atoms with Crippen LogP contribution in [0.25, 0.3) is 0 Å². The molecule has 0 aliphatic carbocycles. The van der Waals surface area contributed by atoms with Gasteiger partial charge in [0.2, 0.25) is 0 Å². The SMILES string of the molecule is Nc1cccc(C(O)C(O)CS)c1O. The van der Waals surface area contributed by atoms with Gasteiger partial charge >= 0.3 is 0 Å². The molecule has 0 amide bonds. The van der Waals surface area contributed by atoms with Crippen LogP contribution in [-0.4, -0.2) is 27.2 Å². The van der Waals surface area contributed by atoms with Crippen molar-refractivity contribution in [3.63, 3.8) is 0 Å². The average molecular weight is 215 g/mol. The minimum Gasteiger partial charge on any atom is -0.505 e. The highest BCUT2D eigenvalue weighted by atomic mass is 32.1. The predicted molar refractivity (Wildman–Crippen MR) is 57.3 cm³/mol. The Morgan fingerprint density at radius 2 is 2.00 bits per heavy atom. The summed E-state index contributed by atoms with van der Waals surface area (Å²) in [6, 6.07) is 4.61. The van der Waals surface area contributed by atoms with Crippen LogP contribution in [0.4, 0.5) is 5.69 Å². The molecule has 0 heterocycles. The van der Waals surface area contributed by atoms with Crippen LogP contribution < -0.4 is 5.73 Å². The van der Waals surface area contributed by atoms with Gasteiger partial charge in [-0.2, -0.15) is 12.6 Å². The second-order valence-corrected chi connectivity index (χ2v) is 3.34. The molecule has 5 heteroatoms. The first-order valence-corrected chi connectivity index (χ1v) is 4.75. The number of nitrogen functional groups attached to an aromatic ring is 1. The number of aromatic hydroxyl groups is 1. The minimum atomic E-state index is -1.17. The van der Waals surface area contributed by atoms with E-state index in [9.17, 15) is 15.3 Å². The Bertz CT molecular complexity index is 319. The van der Waals surface area contributed by atoms with E-state index in [1.54, 1.807) is 6.07 Å². The van der Waals surface area contributed by atoms with Gasteiger partial charge < -0.3 is 21.1 Å². The summed E-state index contributed by atoms with van der Waals surface area (Å²) < 4.78 is 0. The maximum Gasteiger partial charge on any atom is 0.144 e. The zero-order chi connectivity index (χ0) is 10.7. The number of aliphatic hydroxyl groups is 2. The monoisotopic (exact) mass is 215 g/mol. The van der Waals surface area contributed by atoms with Crippen LogP contribution in [0.1, 0.15) is 11.7 Å². The molecule has 0 aliphatic rings. The van der Waals surface area contributed by atoms with E-state index in [-0.39, 0.29) is 22.8 Å². The van der Waals surface area contributed by atoms with Gasteiger partial charge in [0, 0.05) is 11.3 Å². The molecule has 0 bridgehead atoms. The van der Waals surface area contributed by atoms with E-state index >= 15 is 0 Å². The smallest absolute Gasteiger partial charge is 0.144 e. The van der Waals surface area contributed by atoms with Gasteiger partial charge in [0.05, 0.1) is 11.8 Å². The lowest BCUT2D eigenvalue weighted by Gasteiger charge is -2.17. The van der Waals surface area contributed by atoms with Crippen molar-refractivity contribution in [3.8, 4) is 5.75 Å². The number of nitrogens with two attached hydrogens (primary N) is 1. The number of aliphatic hydroxyl groups excluding tert-OH is 2. The topological polar surface area (TPSA) is 86.7 Å². The zero-order valence-corrected chi connectivity index (χ0v) is 8.35. The number of hydrogen-bond donors (Lipinski definition) is 5. The molecule has 0 aliphatic heterocycles. The molecule has 0 spiro atoms. The first-order chi connectivity index (χ1) is 6.57. The second kappa shape index (κ2) is 4.54. The Labute approximate surface area is 87.4 Å². The lowest BCUT2D eigenvalue weighted by molar-refractivity contribution is 0.0323. The molecule has 14 heavy (non-hydrogen) atoms. The van der Waals surface area contributed by atoms with Crippen molar-refractivity contribution in [2.75, 3.05) is 11.5 Å². The normalized spacial score (nSPS) is 15.1. The molecule has 2 atom stereocenters. The van der Waals surface area contributed by atoms with Gasteiger partial charge in [0.15, 0.2) is 0 Å². The van der Waals surface area contributed by atoms with Crippen LogP contribution in [0.3, 0.4) is 0 Å². The lowest BCUT2D eigenvalue weighted by atomic mass is 10.0. The van der Waals surface area contributed by atoms with E-state index in [2.05, 4.69) is 12.6 Å². The summed E-state index contributed by atoms with van der Waals surface area (Å²) in [5, 5.41) is 28.4. The number of anilines is 1. The third-order valence-electron chi connectivity index (χ3n) is 1.97. The summed E-state index contributed by atoms with van der Waals surface area (Å²) in [6.45, 7) is 0. The molecule has 0 saturated carbocycles. The maximum absolute atomic E-state index is 9.58. The first kappa shape index (κ1) is 11.2. The Kier molecular flexibility index (Phi) is 3.62. The molecule has 1 aromatic rings. The number of thiol groups is 1. The van der Waals surface area contributed by atoms with Crippen molar-refractivity contribution in [2.45, 2.75) is 12.2 Å². The number of para-hydroxylation sites is 1. The molecule has 5 N–H and O–H groups in total. The standard InChI is InChI=1S/C9H13NO3S/c10-6-3-1-2-5(8(6)12)9(13)7(11)4-14/h1-3,7,9,11-14H,4,10H2. The van der Waals surface area contributed by atoms with Crippen LogP contribution in [0.5, 0.6) is 5.75 Å². The van der Waals surface area contributed by atoms with Crippen LogP contribution in [0.15, 0.2) is 18.2 Å². The first-order valence-electron chi connectivity index (χ1n) is 4.12. The van der Waals surface area contributed by atoms with Crippen LogP contribution in [0.2, 0.25) is 0 Å². The van der Waals surface area contributed by atoms with Gasteiger partial charge in [-0.1, -0.05) is 12.1 Å². The highest BCUT2D eigenvalue weighted by Gasteiger charge is 2.20. The molecule has 0 fully saturated rings. The van der Waals surface area contributed by atoms with E-state index in [1.165, 1.54) is 12.1 Å². The average Bonchev–Trinajstić information content (AvgIpc) is 2.20. The largest absolute Gasteiger partial charge is 0.505 e. The van der Waals surface area contributed by atoms with Crippen molar-refractivity contribution in [1.29, 1.82) is 0 Å².